The minimum absolute atomic E-state index is 0.0123. The fourth-order valence-electron chi connectivity index (χ4n) is 3.20. The van der Waals surface area contributed by atoms with Gasteiger partial charge in [0, 0.05) is 12.0 Å². The highest BCUT2D eigenvalue weighted by Crippen LogP contribution is 2.34. The number of methoxy groups -OCH3 is 1. The average Bonchev–Trinajstić information content (AvgIpc) is 3.33. The highest BCUT2D eigenvalue weighted by molar-refractivity contribution is 6.36. The number of hydrogen-bond acceptors (Lipinski definition) is 5. The number of halogens is 4. The average molecular weight is 437 g/mol. The maximum atomic E-state index is 13.0. The van der Waals surface area contributed by atoms with E-state index in [9.17, 15) is 13.2 Å². The molecule has 0 radical (unpaired) electrons. The number of rotatable bonds is 5. The fraction of sp³-hybridized carbons (Fsp3) is 0.250. The molecule has 0 aliphatic heterocycles. The van der Waals surface area contributed by atoms with Crippen LogP contribution in [0, 0.1) is 0 Å². The number of hydrogen-bond donors (Lipinski definition) is 0. The smallest absolute Gasteiger partial charge is 0.416 e. The van der Waals surface area contributed by atoms with E-state index in [-0.39, 0.29) is 18.0 Å². The van der Waals surface area contributed by atoms with Crippen LogP contribution < -0.4 is 4.74 Å². The van der Waals surface area contributed by atoms with Crippen molar-refractivity contribution in [2.24, 2.45) is 0 Å². The third-order valence-corrected chi connectivity index (χ3v) is 5.01. The minimum atomic E-state index is -4.45. The Morgan fingerprint density at radius 3 is 2.67 bits per heavy atom. The second-order valence-corrected chi connectivity index (χ2v) is 6.89. The van der Waals surface area contributed by atoms with E-state index in [4.69, 9.17) is 20.9 Å². The molecular formula is C20H16ClF3N4O2. The van der Waals surface area contributed by atoms with Gasteiger partial charge in [0.2, 0.25) is 0 Å². The van der Waals surface area contributed by atoms with Crippen molar-refractivity contribution in [3.8, 4) is 17.2 Å². The first kappa shape index (κ1) is 20.2. The molecule has 0 atom stereocenters. The van der Waals surface area contributed by atoms with Crippen LogP contribution in [-0.4, -0.2) is 26.8 Å². The minimum Gasteiger partial charge on any atom is -0.495 e. The maximum Gasteiger partial charge on any atom is 0.416 e. The van der Waals surface area contributed by atoms with E-state index in [1.807, 2.05) is 17.6 Å². The molecular weight excluding hydrogens is 421 g/mol. The molecule has 2 heterocycles. The fourth-order valence-corrected chi connectivity index (χ4v) is 3.48. The van der Waals surface area contributed by atoms with Gasteiger partial charge >= 0.3 is 6.18 Å². The number of fused-ring (bicyclic) bond motifs is 1. The zero-order valence-electron chi connectivity index (χ0n) is 16.0. The molecule has 0 unspecified atom stereocenters. The number of aromatic nitrogens is 4. The molecule has 2 aromatic carbocycles. The number of ether oxygens (including phenoxy) is 1. The Morgan fingerprint density at radius 1 is 1.17 bits per heavy atom. The lowest BCUT2D eigenvalue weighted by molar-refractivity contribution is -0.137. The molecule has 10 heteroatoms. The van der Waals surface area contributed by atoms with Crippen molar-refractivity contribution in [1.29, 1.82) is 0 Å². The third kappa shape index (κ3) is 3.60. The van der Waals surface area contributed by atoms with Crippen molar-refractivity contribution in [3.05, 3.63) is 58.6 Å². The van der Waals surface area contributed by atoms with Crippen molar-refractivity contribution in [2.45, 2.75) is 26.1 Å². The molecule has 0 aliphatic carbocycles. The molecule has 0 bridgehead atoms. The van der Waals surface area contributed by atoms with Gasteiger partial charge in [0.25, 0.3) is 5.89 Å². The van der Waals surface area contributed by atoms with Crippen LogP contribution in [-0.2, 0) is 19.1 Å². The Bertz CT molecular complexity index is 1220. The summed E-state index contributed by atoms with van der Waals surface area (Å²) in [6.45, 7) is 2.18. The predicted octanol–water partition coefficient (Wildman–Crippen LogP) is 5.38. The Labute approximate surface area is 174 Å². The second-order valence-electron chi connectivity index (χ2n) is 6.51. The van der Waals surface area contributed by atoms with Crippen LogP contribution in [0.1, 0.15) is 24.1 Å². The van der Waals surface area contributed by atoms with Gasteiger partial charge in [-0.25, -0.2) is 4.98 Å². The number of nitrogens with zero attached hydrogens (tertiary/aromatic N) is 4. The van der Waals surface area contributed by atoms with Crippen LogP contribution >= 0.6 is 11.6 Å². The molecule has 0 spiro atoms. The lowest BCUT2D eigenvalue weighted by Gasteiger charge is -2.07. The van der Waals surface area contributed by atoms with E-state index in [0.717, 1.165) is 23.5 Å². The SMILES string of the molecule is CCc1nc2c(Cl)c(OC)ccc2n1Cc1noc(-c2cccc(C(F)(F)F)c2)n1. The molecule has 30 heavy (non-hydrogen) atoms. The van der Waals surface area contributed by atoms with Crippen molar-refractivity contribution in [1.82, 2.24) is 19.7 Å². The van der Waals surface area contributed by atoms with Gasteiger partial charge in [0.15, 0.2) is 5.82 Å². The van der Waals surface area contributed by atoms with Crippen LogP contribution in [0.5, 0.6) is 5.75 Å². The first-order chi connectivity index (χ1) is 14.3. The molecule has 4 rings (SSSR count). The van der Waals surface area contributed by atoms with Gasteiger partial charge in [-0.1, -0.05) is 29.7 Å². The summed E-state index contributed by atoms with van der Waals surface area (Å²) in [5, 5.41) is 4.33. The number of imidazole rings is 1. The lowest BCUT2D eigenvalue weighted by Crippen LogP contribution is -2.06. The molecule has 0 aliphatic rings. The zero-order valence-corrected chi connectivity index (χ0v) is 16.8. The molecule has 0 N–H and O–H groups in total. The summed E-state index contributed by atoms with van der Waals surface area (Å²) >= 11 is 6.38. The van der Waals surface area contributed by atoms with E-state index < -0.39 is 11.7 Å². The van der Waals surface area contributed by atoms with Crippen molar-refractivity contribution < 1.29 is 22.4 Å². The topological polar surface area (TPSA) is 66.0 Å². The summed E-state index contributed by atoms with van der Waals surface area (Å²) in [5.41, 5.74) is 0.775. The predicted molar refractivity (Wildman–Crippen MR) is 105 cm³/mol. The summed E-state index contributed by atoms with van der Waals surface area (Å²) in [5.74, 6) is 1.59. The van der Waals surface area contributed by atoms with Gasteiger partial charge in [-0.05, 0) is 30.3 Å². The zero-order chi connectivity index (χ0) is 21.5. The van der Waals surface area contributed by atoms with Crippen LogP contribution in [0.3, 0.4) is 0 Å². The summed E-state index contributed by atoms with van der Waals surface area (Å²) in [6.07, 6.45) is -3.82. The normalized spacial score (nSPS) is 11.9. The second kappa shape index (κ2) is 7.64. The summed E-state index contributed by atoms with van der Waals surface area (Å²) < 4.78 is 51.2. The van der Waals surface area contributed by atoms with E-state index in [1.165, 1.54) is 19.2 Å². The van der Waals surface area contributed by atoms with E-state index in [1.54, 1.807) is 6.07 Å². The number of alkyl halides is 3. The maximum absolute atomic E-state index is 13.0. The highest BCUT2D eigenvalue weighted by atomic mass is 35.5. The van der Waals surface area contributed by atoms with Crippen molar-refractivity contribution in [3.63, 3.8) is 0 Å². The Morgan fingerprint density at radius 2 is 1.97 bits per heavy atom. The Balaban J connectivity index is 1.69. The third-order valence-electron chi connectivity index (χ3n) is 4.64. The lowest BCUT2D eigenvalue weighted by atomic mass is 10.1. The highest BCUT2D eigenvalue weighted by Gasteiger charge is 2.31. The summed E-state index contributed by atoms with van der Waals surface area (Å²) in [4.78, 5) is 8.84. The molecule has 0 saturated carbocycles. The Hall–Kier alpha value is -3.07. The van der Waals surface area contributed by atoms with Gasteiger partial charge in [-0.3, -0.25) is 0 Å². The standard InChI is InChI=1S/C20H16ClF3N4O2/c1-3-16-26-18-13(7-8-14(29-2)17(18)21)28(16)10-15-25-19(30-27-15)11-5-4-6-12(9-11)20(22,23)24/h4-9H,3,10H2,1-2H3. The molecule has 0 fully saturated rings. The number of aryl methyl sites for hydroxylation is 1. The van der Waals surface area contributed by atoms with Crippen LogP contribution in [0.25, 0.3) is 22.5 Å². The quantitative estimate of drug-likeness (QED) is 0.420. The molecule has 0 amide bonds. The van der Waals surface area contributed by atoms with Crippen molar-refractivity contribution >= 4 is 22.6 Å². The number of benzene rings is 2. The molecule has 4 aromatic rings. The van der Waals surface area contributed by atoms with Gasteiger partial charge in [-0.2, -0.15) is 18.2 Å². The van der Waals surface area contributed by atoms with Crippen LogP contribution in [0.2, 0.25) is 5.02 Å². The molecule has 2 aromatic heterocycles. The van der Waals surface area contributed by atoms with E-state index in [0.29, 0.717) is 28.5 Å². The first-order valence-electron chi connectivity index (χ1n) is 9.03. The molecule has 6 nitrogen and oxygen atoms in total. The Kier molecular flexibility index (Phi) is 5.15. The monoisotopic (exact) mass is 436 g/mol. The summed E-state index contributed by atoms with van der Waals surface area (Å²) in [7, 11) is 1.53. The largest absolute Gasteiger partial charge is 0.495 e. The molecule has 156 valence electrons. The molecule has 0 saturated heterocycles. The van der Waals surface area contributed by atoms with E-state index in [2.05, 4.69) is 15.1 Å². The van der Waals surface area contributed by atoms with Crippen molar-refractivity contribution in [2.75, 3.05) is 7.11 Å². The van der Waals surface area contributed by atoms with Crippen LogP contribution in [0.15, 0.2) is 40.9 Å². The summed E-state index contributed by atoms with van der Waals surface area (Å²) in [6, 6.07) is 8.34. The van der Waals surface area contributed by atoms with Gasteiger partial charge in [-0.15, -0.1) is 0 Å². The van der Waals surface area contributed by atoms with Gasteiger partial charge in [0.1, 0.15) is 22.1 Å². The van der Waals surface area contributed by atoms with Gasteiger partial charge < -0.3 is 13.8 Å². The first-order valence-corrected chi connectivity index (χ1v) is 9.41. The van der Waals surface area contributed by atoms with Gasteiger partial charge in [0.05, 0.1) is 24.7 Å². The van der Waals surface area contributed by atoms with Crippen LogP contribution in [0.4, 0.5) is 13.2 Å². The van der Waals surface area contributed by atoms with E-state index >= 15 is 0 Å².